The molecule has 1 heterocycles. The second-order valence-electron chi connectivity index (χ2n) is 3.90. The van der Waals surface area contributed by atoms with E-state index in [9.17, 15) is 9.18 Å². The molecule has 7 heteroatoms. The average molecular weight is 296 g/mol. The second kappa shape index (κ2) is 5.75. The van der Waals surface area contributed by atoms with E-state index in [1.165, 1.54) is 37.6 Å². The topological polar surface area (TPSA) is 77.2 Å². The van der Waals surface area contributed by atoms with Crippen molar-refractivity contribution in [1.82, 2.24) is 4.98 Å². The number of aromatic nitrogens is 1. The predicted octanol–water partition coefficient (Wildman–Crippen LogP) is 2.99. The average Bonchev–Trinajstić information content (AvgIpc) is 2.44. The van der Waals surface area contributed by atoms with Crippen LogP contribution in [0.3, 0.4) is 0 Å². The summed E-state index contributed by atoms with van der Waals surface area (Å²) in [6.07, 6.45) is 1.29. The minimum absolute atomic E-state index is 0.144. The van der Waals surface area contributed by atoms with Gasteiger partial charge in [-0.25, -0.2) is 14.2 Å². The van der Waals surface area contributed by atoms with Gasteiger partial charge in [0.15, 0.2) is 0 Å². The molecule has 20 heavy (non-hydrogen) atoms. The Bertz CT molecular complexity index is 664. The highest BCUT2D eigenvalue weighted by Crippen LogP contribution is 2.24. The van der Waals surface area contributed by atoms with E-state index in [0.717, 1.165) is 0 Å². The maximum atomic E-state index is 13.6. The van der Waals surface area contributed by atoms with Gasteiger partial charge in [0, 0.05) is 5.02 Å². The van der Waals surface area contributed by atoms with Gasteiger partial charge in [-0.05, 0) is 24.3 Å². The van der Waals surface area contributed by atoms with Gasteiger partial charge < -0.3 is 15.8 Å². The third kappa shape index (κ3) is 2.97. The molecule has 2 aromatic rings. The first-order valence-electron chi connectivity index (χ1n) is 5.57. The van der Waals surface area contributed by atoms with Gasteiger partial charge in [-0.1, -0.05) is 11.6 Å². The predicted molar refractivity (Wildman–Crippen MR) is 74.7 cm³/mol. The highest BCUT2D eigenvalue weighted by molar-refractivity contribution is 6.30. The van der Waals surface area contributed by atoms with E-state index in [4.69, 9.17) is 17.3 Å². The summed E-state index contributed by atoms with van der Waals surface area (Å²) in [5.41, 5.74) is 6.09. The van der Waals surface area contributed by atoms with Crippen LogP contribution in [0, 0.1) is 5.82 Å². The third-order valence-electron chi connectivity index (χ3n) is 2.53. The van der Waals surface area contributed by atoms with Crippen LogP contribution in [0.4, 0.5) is 21.6 Å². The quantitative estimate of drug-likeness (QED) is 0.851. The maximum Gasteiger partial charge on any atom is 0.340 e. The Morgan fingerprint density at radius 3 is 2.90 bits per heavy atom. The van der Waals surface area contributed by atoms with Gasteiger partial charge in [-0.2, -0.15) is 0 Å². The molecular formula is C13H11ClFN3O2. The number of esters is 1. The molecule has 5 nitrogen and oxygen atoms in total. The zero-order valence-corrected chi connectivity index (χ0v) is 11.2. The minimum atomic E-state index is -0.598. The zero-order valence-electron chi connectivity index (χ0n) is 10.5. The van der Waals surface area contributed by atoms with Crippen molar-refractivity contribution < 1.29 is 13.9 Å². The lowest BCUT2D eigenvalue weighted by Crippen LogP contribution is -2.07. The molecule has 1 aromatic heterocycles. The SMILES string of the molecule is COC(=O)c1cc(Nc2cc(Cl)ccc2F)ncc1N. The highest BCUT2D eigenvalue weighted by Gasteiger charge is 2.12. The van der Waals surface area contributed by atoms with Gasteiger partial charge in [-0.3, -0.25) is 0 Å². The molecule has 0 aliphatic heterocycles. The summed E-state index contributed by atoms with van der Waals surface area (Å²) in [4.78, 5) is 15.5. The second-order valence-corrected chi connectivity index (χ2v) is 4.33. The first-order chi connectivity index (χ1) is 9.51. The standard InChI is InChI=1S/C13H11ClFN3O2/c1-20-13(19)8-5-12(17-6-10(8)16)18-11-4-7(14)2-3-9(11)15/h2-6H,16H2,1H3,(H,17,18). The number of nitrogens with one attached hydrogen (secondary N) is 1. The van der Waals surface area contributed by atoms with Crippen molar-refractivity contribution in [3.05, 3.63) is 46.9 Å². The molecule has 0 aliphatic rings. The molecule has 0 spiro atoms. The van der Waals surface area contributed by atoms with Crippen LogP contribution in [-0.2, 0) is 4.74 Å². The number of methoxy groups -OCH3 is 1. The fourth-order valence-electron chi connectivity index (χ4n) is 1.55. The lowest BCUT2D eigenvalue weighted by atomic mass is 10.2. The number of hydrogen-bond donors (Lipinski definition) is 2. The summed E-state index contributed by atoms with van der Waals surface area (Å²) >= 11 is 5.79. The Balaban J connectivity index is 2.34. The lowest BCUT2D eigenvalue weighted by molar-refractivity contribution is 0.0602. The molecule has 0 unspecified atom stereocenters. The Morgan fingerprint density at radius 1 is 1.45 bits per heavy atom. The van der Waals surface area contributed by atoms with E-state index in [-0.39, 0.29) is 22.8 Å². The Morgan fingerprint density at radius 2 is 2.20 bits per heavy atom. The molecule has 2 rings (SSSR count). The maximum absolute atomic E-state index is 13.6. The zero-order chi connectivity index (χ0) is 14.7. The van der Waals surface area contributed by atoms with Crippen LogP contribution in [-0.4, -0.2) is 18.1 Å². The normalized spacial score (nSPS) is 10.2. The van der Waals surface area contributed by atoms with Gasteiger partial charge in [0.05, 0.1) is 30.2 Å². The summed E-state index contributed by atoms with van der Waals surface area (Å²) in [6, 6.07) is 5.44. The van der Waals surface area contributed by atoms with Crippen LogP contribution >= 0.6 is 11.6 Å². The van der Waals surface area contributed by atoms with Crippen molar-refractivity contribution >= 4 is 34.8 Å². The molecule has 0 atom stereocenters. The van der Waals surface area contributed by atoms with Crippen LogP contribution in [0.5, 0.6) is 0 Å². The number of carbonyl (C=O) groups is 1. The Labute approximate surface area is 119 Å². The molecule has 0 saturated carbocycles. The van der Waals surface area contributed by atoms with Gasteiger partial charge in [0.1, 0.15) is 11.6 Å². The fraction of sp³-hybridized carbons (Fsp3) is 0.0769. The largest absolute Gasteiger partial charge is 0.465 e. The van der Waals surface area contributed by atoms with Crippen LogP contribution in [0.15, 0.2) is 30.5 Å². The van der Waals surface area contributed by atoms with E-state index < -0.39 is 11.8 Å². The highest BCUT2D eigenvalue weighted by atomic mass is 35.5. The summed E-state index contributed by atoms with van der Waals surface area (Å²) in [6.45, 7) is 0. The van der Waals surface area contributed by atoms with E-state index in [1.54, 1.807) is 0 Å². The van der Waals surface area contributed by atoms with Crippen molar-refractivity contribution in [3.63, 3.8) is 0 Å². The van der Waals surface area contributed by atoms with Gasteiger partial charge in [-0.15, -0.1) is 0 Å². The third-order valence-corrected chi connectivity index (χ3v) is 2.77. The Kier molecular flexibility index (Phi) is 4.05. The van der Waals surface area contributed by atoms with Crippen molar-refractivity contribution in [2.45, 2.75) is 0 Å². The number of nitrogen functional groups attached to an aromatic ring is 1. The van der Waals surface area contributed by atoms with Gasteiger partial charge in [0.25, 0.3) is 0 Å². The molecule has 3 N–H and O–H groups in total. The number of hydrogen-bond acceptors (Lipinski definition) is 5. The molecule has 0 saturated heterocycles. The van der Waals surface area contributed by atoms with Gasteiger partial charge in [0.2, 0.25) is 0 Å². The molecule has 104 valence electrons. The molecule has 1 aromatic carbocycles. The number of benzene rings is 1. The molecule has 0 fully saturated rings. The number of anilines is 3. The summed E-state index contributed by atoms with van der Waals surface area (Å²) < 4.78 is 18.2. The number of halogens is 2. The Hall–Kier alpha value is -2.34. The fourth-order valence-corrected chi connectivity index (χ4v) is 1.72. The molecule has 0 aliphatic carbocycles. The summed E-state index contributed by atoms with van der Waals surface area (Å²) in [5, 5.41) is 3.10. The molecular weight excluding hydrogens is 285 g/mol. The van der Waals surface area contributed by atoms with E-state index >= 15 is 0 Å². The minimum Gasteiger partial charge on any atom is -0.465 e. The molecule has 0 bridgehead atoms. The van der Waals surface area contributed by atoms with Crippen molar-refractivity contribution in [2.24, 2.45) is 0 Å². The van der Waals surface area contributed by atoms with Crippen molar-refractivity contribution in [2.75, 3.05) is 18.2 Å². The molecule has 0 amide bonds. The van der Waals surface area contributed by atoms with Gasteiger partial charge >= 0.3 is 5.97 Å². The van der Waals surface area contributed by atoms with E-state index in [1.807, 2.05) is 0 Å². The number of nitrogens with two attached hydrogens (primary N) is 1. The first-order valence-corrected chi connectivity index (χ1v) is 5.95. The smallest absolute Gasteiger partial charge is 0.340 e. The van der Waals surface area contributed by atoms with Crippen LogP contribution in [0.2, 0.25) is 5.02 Å². The summed E-state index contributed by atoms with van der Waals surface area (Å²) in [7, 11) is 1.24. The molecule has 0 radical (unpaired) electrons. The van der Waals surface area contributed by atoms with E-state index in [2.05, 4.69) is 15.0 Å². The number of pyridine rings is 1. The number of ether oxygens (including phenoxy) is 1. The number of nitrogens with zero attached hydrogens (tertiary/aromatic N) is 1. The van der Waals surface area contributed by atoms with E-state index in [0.29, 0.717) is 5.02 Å². The van der Waals surface area contributed by atoms with Crippen molar-refractivity contribution in [1.29, 1.82) is 0 Å². The first kappa shape index (κ1) is 14.1. The van der Waals surface area contributed by atoms with Crippen LogP contribution in [0.25, 0.3) is 0 Å². The summed E-state index contributed by atoms with van der Waals surface area (Å²) in [5.74, 6) is -0.840. The van der Waals surface area contributed by atoms with Crippen LogP contribution < -0.4 is 11.1 Å². The number of rotatable bonds is 3. The van der Waals surface area contributed by atoms with Crippen molar-refractivity contribution in [3.8, 4) is 0 Å². The van der Waals surface area contributed by atoms with Crippen LogP contribution in [0.1, 0.15) is 10.4 Å². The number of carbonyl (C=O) groups excluding carboxylic acids is 1. The monoisotopic (exact) mass is 295 g/mol. The lowest BCUT2D eigenvalue weighted by Gasteiger charge is -2.09.